The van der Waals surface area contributed by atoms with Gasteiger partial charge in [0.25, 0.3) is 5.91 Å². The molecule has 1 aromatic carbocycles. The van der Waals surface area contributed by atoms with E-state index >= 15 is 0 Å². The van der Waals surface area contributed by atoms with Gasteiger partial charge in [0.1, 0.15) is 17.3 Å². The van der Waals surface area contributed by atoms with Crippen LogP contribution in [0.4, 0.5) is 8.78 Å². The van der Waals surface area contributed by atoms with E-state index < -0.39 is 11.6 Å². The summed E-state index contributed by atoms with van der Waals surface area (Å²) in [7, 11) is 1.63. The molecule has 0 N–H and O–H groups in total. The second-order valence-electron chi connectivity index (χ2n) is 7.36. The smallest absolute Gasteiger partial charge is 0.257 e. The molecule has 1 fully saturated rings. The molecular formula is C22H21F2N5O2. The Morgan fingerprint density at radius 3 is 2.45 bits per heavy atom. The number of carbonyl (C=O) groups is 2. The first-order chi connectivity index (χ1) is 14.9. The van der Waals surface area contributed by atoms with Crippen LogP contribution in [0, 0.1) is 11.6 Å². The van der Waals surface area contributed by atoms with Gasteiger partial charge in [0, 0.05) is 62.9 Å². The van der Waals surface area contributed by atoms with Gasteiger partial charge in [-0.3, -0.25) is 19.3 Å². The fraction of sp³-hybridized carbons (Fsp3) is 0.273. The summed E-state index contributed by atoms with van der Waals surface area (Å²) in [5, 5.41) is 4.21. The molecule has 2 amide bonds. The topological polar surface area (TPSA) is 71.3 Å². The summed E-state index contributed by atoms with van der Waals surface area (Å²) in [5.41, 5.74) is 1.17. The number of piperazine rings is 1. The minimum atomic E-state index is -0.780. The minimum Gasteiger partial charge on any atom is -0.339 e. The number of hydrogen-bond donors (Lipinski definition) is 0. The number of amides is 2. The number of pyridine rings is 1. The van der Waals surface area contributed by atoms with E-state index in [1.54, 1.807) is 35.2 Å². The number of hydrogen-bond acceptors (Lipinski definition) is 4. The number of benzene rings is 1. The van der Waals surface area contributed by atoms with Crippen LogP contribution in [-0.2, 0) is 18.3 Å². The number of rotatable bonds is 4. The summed E-state index contributed by atoms with van der Waals surface area (Å²) in [5.74, 6) is -1.82. The zero-order chi connectivity index (χ0) is 22.0. The second kappa shape index (κ2) is 8.63. The van der Waals surface area contributed by atoms with Crippen LogP contribution in [-0.4, -0.2) is 62.6 Å². The van der Waals surface area contributed by atoms with Crippen molar-refractivity contribution in [2.24, 2.45) is 7.05 Å². The summed E-state index contributed by atoms with van der Waals surface area (Å²) >= 11 is 0. The molecule has 0 aliphatic carbocycles. The maximum atomic E-state index is 14.3. The van der Waals surface area contributed by atoms with Gasteiger partial charge in [-0.2, -0.15) is 5.10 Å². The standard InChI is InChI=1S/C22H21F2N5O2/c1-27-14-18(21(26-27)17-6-5-15(23)12-19(17)24)22(31)29-10-8-28(9-11-29)20(30)13-16-4-2-3-7-25-16/h2-7,12,14H,8-11,13H2,1H3. The normalized spacial score (nSPS) is 14.0. The number of carbonyl (C=O) groups excluding carboxylic acids is 2. The predicted molar refractivity (Wildman–Crippen MR) is 109 cm³/mol. The molecule has 0 unspecified atom stereocenters. The molecule has 0 bridgehead atoms. The lowest BCUT2D eigenvalue weighted by molar-refractivity contribution is -0.132. The van der Waals surface area contributed by atoms with Gasteiger partial charge in [0.05, 0.1) is 12.0 Å². The van der Waals surface area contributed by atoms with Crippen molar-refractivity contribution in [3.05, 3.63) is 71.7 Å². The van der Waals surface area contributed by atoms with Crippen LogP contribution in [0.3, 0.4) is 0 Å². The number of halogens is 2. The van der Waals surface area contributed by atoms with Crippen LogP contribution in [0.2, 0.25) is 0 Å². The van der Waals surface area contributed by atoms with Crippen LogP contribution in [0.25, 0.3) is 11.3 Å². The van der Waals surface area contributed by atoms with E-state index in [0.717, 1.165) is 12.1 Å². The molecule has 0 radical (unpaired) electrons. The molecule has 0 saturated carbocycles. The van der Waals surface area contributed by atoms with E-state index in [1.807, 2.05) is 6.07 Å². The molecule has 0 atom stereocenters. The lowest BCUT2D eigenvalue weighted by Gasteiger charge is -2.34. The van der Waals surface area contributed by atoms with E-state index in [-0.39, 0.29) is 35.1 Å². The molecule has 1 aliphatic rings. The Balaban J connectivity index is 1.45. The quantitative estimate of drug-likeness (QED) is 0.643. The van der Waals surface area contributed by atoms with Gasteiger partial charge >= 0.3 is 0 Å². The van der Waals surface area contributed by atoms with Crippen molar-refractivity contribution in [1.82, 2.24) is 24.6 Å². The number of aromatic nitrogens is 3. The van der Waals surface area contributed by atoms with Crippen molar-refractivity contribution in [2.75, 3.05) is 26.2 Å². The lowest BCUT2D eigenvalue weighted by atomic mass is 10.1. The summed E-state index contributed by atoms with van der Waals surface area (Å²) < 4.78 is 29.0. The highest BCUT2D eigenvalue weighted by Crippen LogP contribution is 2.26. The molecule has 0 spiro atoms. The molecule has 1 saturated heterocycles. The maximum absolute atomic E-state index is 14.3. The van der Waals surface area contributed by atoms with E-state index in [2.05, 4.69) is 10.1 Å². The zero-order valence-corrected chi connectivity index (χ0v) is 17.0. The number of nitrogens with zero attached hydrogens (tertiary/aromatic N) is 5. The van der Waals surface area contributed by atoms with Crippen molar-refractivity contribution in [3.63, 3.8) is 0 Å². The van der Waals surface area contributed by atoms with E-state index in [9.17, 15) is 18.4 Å². The Bertz CT molecular complexity index is 1110. The Morgan fingerprint density at radius 2 is 1.77 bits per heavy atom. The van der Waals surface area contributed by atoms with Gasteiger partial charge in [0.15, 0.2) is 0 Å². The Morgan fingerprint density at radius 1 is 1.03 bits per heavy atom. The molecule has 31 heavy (non-hydrogen) atoms. The largest absolute Gasteiger partial charge is 0.339 e. The highest BCUT2D eigenvalue weighted by molar-refractivity contribution is 6.00. The third kappa shape index (κ3) is 4.45. The molecule has 2 aromatic heterocycles. The van der Waals surface area contributed by atoms with E-state index in [0.29, 0.717) is 31.9 Å². The predicted octanol–water partition coefficient (Wildman–Crippen LogP) is 2.29. The summed E-state index contributed by atoms with van der Waals surface area (Å²) in [6.07, 6.45) is 3.39. The fourth-order valence-corrected chi connectivity index (χ4v) is 3.62. The van der Waals surface area contributed by atoms with Gasteiger partial charge in [0.2, 0.25) is 5.91 Å². The lowest BCUT2D eigenvalue weighted by Crippen LogP contribution is -2.51. The Hall–Kier alpha value is -3.62. The van der Waals surface area contributed by atoms with Crippen molar-refractivity contribution in [2.45, 2.75) is 6.42 Å². The van der Waals surface area contributed by atoms with Crippen molar-refractivity contribution in [3.8, 4) is 11.3 Å². The monoisotopic (exact) mass is 425 g/mol. The molecule has 9 heteroatoms. The first kappa shape index (κ1) is 20.6. The summed E-state index contributed by atoms with van der Waals surface area (Å²) in [6.45, 7) is 1.51. The maximum Gasteiger partial charge on any atom is 0.257 e. The summed E-state index contributed by atoms with van der Waals surface area (Å²) in [4.78, 5) is 33.1. The molecular weight excluding hydrogens is 404 g/mol. The van der Waals surface area contributed by atoms with E-state index in [1.165, 1.54) is 16.9 Å². The summed E-state index contributed by atoms with van der Waals surface area (Å²) in [6, 6.07) is 8.61. The second-order valence-corrected chi connectivity index (χ2v) is 7.36. The third-order valence-electron chi connectivity index (χ3n) is 5.22. The minimum absolute atomic E-state index is 0.0405. The first-order valence-electron chi connectivity index (χ1n) is 9.88. The molecule has 3 heterocycles. The van der Waals surface area contributed by atoms with Gasteiger partial charge in [-0.15, -0.1) is 0 Å². The van der Waals surface area contributed by atoms with Crippen LogP contribution >= 0.6 is 0 Å². The fourth-order valence-electron chi connectivity index (χ4n) is 3.62. The Kier molecular flexibility index (Phi) is 5.75. The van der Waals surface area contributed by atoms with Gasteiger partial charge in [-0.25, -0.2) is 8.78 Å². The highest BCUT2D eigenvalue weighted by atomic mass is 19.1. The van der Waals surface area contributed by atoms with Crippen molar-refractivity contribution in [1.29, 1.82) is 0 Å². The van der Waals surface area contributed by atoms with Gasteiger partial charge in [-0.1, -0.05) is 6.07 Å². The SMILES string of the molecule is Cn1cc(C(=O)N2CCN(C(=O)Cc3ccccn3)CC2)c(-c2ccc(F)cc2F)n1. The average Bonchev–Trinajstić information content (AvgIpc) is 3.15. The average molecular weight is 425 g/mol. The first-order valence-corrected chi connectivity index (χ1v) is 9.88. The Labute approximate surface area is 177 Å². The van der Waals surface area contributed by atoms with E-state index in [4.69, 9.17) is 0 Å². The molecule has 7 nitrogen and oxygen atoms in total. The highest BCUT2D eigenvalue weighted by Gasteiger charge is 2.28. The van der Waals surface area contributed by atoms with Crippen LogP contribution in [0.1, 0.15) is 16.1 Å². The molecule has 160 valence electrons. The zero-order valence-electron chi connectivity index (χ0n) is 17.0. The van der Waals surface area contributed by atoms with Crippen LogP contribution in [0.15, 0.2) is 48.8 Å². The van der Waals surface area contributed by atoms with Crippen LogP contribution in [0.5, 0.6) is 0 Å². The third-order valence-corrected chi connectivity index (χ3v) is 5.22. The molecule has 4 rings (SSSR count). The van der Waals surface area contributed by atoms with Gasteiger partial charge < -0.3 is 9.80 Å². The number of aryl methyl sites for hydroxylation is 1. The molecule has 3 aromatic rings. The molecule has 1 aliphatic heterocycles. The van der Waals surface area contributed by atoms with Gasteiger partial charge in [-0.05, 0) is 24.3 Å². The van der Waals surface area contributed by atoms with Crippen LogP contribution < -0.4 is 0 Å². The van der Waals surface area contributed by atoms with Crippen molar-refractivity contribution < 1.29 is 18.4 Å². The van der Waals surface area contributed by atoms with Crippen molar-refractivity contribution >= 4 is 11.8 Å².